The molecular weight excluding hydrogens is 597 g/mol. The molecule has 5 unspecified atom stereocenters. The van der Waals surface area contributed by atoms with E-state index in [-0.39, 0.29) is 0 Å². The highest BCUT2D eigenvalue weighted by Gasteiger charge is 2.34. The van der Waals surface area contributed by atoms with Gasteiger partial charge in [-0.2, -0.15) is 0 Å². The van der Waals surface area contributed by atoms with Crippen LogP contribution in [0.4, 0.5) is 0 Å². The monoisotopic (exact) mass is 648 g/mol. The van der Waals surface area contributed by atoms with E-state index >= 15 is 0 Å². The van der Waals surface area contributed by atoms with Gasteiger partial charge in [-0.05, 0) is 43.9 Å². The third kappa shape index (κ3) is 22.7. The van der Waals surface area contributed by atoms with Crippen LogP contribution in [-0.4, -0.2) is 34.8 Å². The summed E-state index contributed by atoms with van der Waals surface area (Å²) in [6.45, 7) is 14.4. The Balaban J connectivity index is 0. The van der Waals surface area contributed by atoms with Crippen molar-refractivity contribution in [2.24, 2.45) is 11.8 Å². The Morgan fingerprint density at radius 2 is 0.921 bits per heavy atom. The molecule has 0 radical (unpaired) electrons. The van der Waals surface area contributed by atoms with Gasteiger partial charge in [0.1, 0.15) is 16.7 Å². The molecule has 0 aliphatic heterocycles. The predicted octanol–water partition coefficient (Wildman–Crippen LogP) is 10.6. The summed E-state index contributed by atoms with van der Waals surface area (Å²) in [5.74, 6) is 0.687. The van der Waals surface area contributed by atoms with Crippen LogP contribution in [0.5, 0.6) is 0 Å². The van der Waals surface area contributed by atoms with Gasteiger partial charge in [-0.1, -0.05) is 122 Å². The first-order chi connectivity index (χ1) is 17.8. The summed E-state index contributed by atoms with van der Waals surface area (Å²) >= 11 is 17.3. The van der Waals surface area contributed by atoms with Gasteiger partial charge in [-0.3, -0.25) is 22.6 Å². The standard InChI is InChI=1S/C16H35O4P.C9H18Cl3O4P/c1-5-9-11-15(7-3)13-19-21(17,18)20-14-16(8-4)12-10-6-2;1-4-7(10)14-17(13,15-8(11)5-2)16-9(12)6-3/h15-16H,5-14H2,1-4H3,(H,17,18);7-9H,4-6H2,1-3H3. The number of hydrogen-bond donors (Lipinski definition) is 1. The molecule has 0 spiro atoms. The van der Waals surface area contributed by atoms with E-state index in [1.807, 2.05) is 0 Å². The van der Waals surface area contributed by atoms with Crippen molar-refractivity contribution in [2.75, 3.05) is 13.2 Å². The lowest BCUT2D eigenvalue weighted by Crippen LogP contribution is -2.13. The van der Waals surface area contributed by atoms with Gasteiger partial charge in [0.05, 0.1) is 13.2 Å². The molecule has 0 aromatic heterocycles. The number of rotatable bonds is 23. The van der Waals surface area contributed by atoms with Crippen molar-refractivity contribution in [3.63, 3.8) is 0 Å². The molecule has 0 aromatic carbocycles. The second-order valence-corrected chi connectivity index (χ2v) is 13.6. The number of halogens is 3. The lowest BCUT2D eigenvalue weighted by molar-refractivity contribution is 0.0826. The zero-order chi connectivity index (χ0) is 29.6. The average molecular weight is 650 g/mol. The second kappa shape index (κ2) is 24.7. The third-order valence-corrected chi connectivity index (χ3v) is 9.78. The SMILES string of the molecule is CCC(Cl)OP(=O)(OC(Cl)CC)OC(Cl)CC.CCCCC(CC)COP(=O)(O)OCC(CC)CCCC. The van der Waals surface area contributed by atoms with Gasteiger partial charge in [0.25, 0.3) is 0 Å². The van der Waals surface area contributed by atoms with Gasteiger partial charge in [0.15, 0.2) is 0 Å². The summed E-state index contributed by atoms with van der Waals surface area (Å²) < 4.78 is 49.6. The van der Waals surface area contributed by atoms with E-state index in [1.54, 1.807) is 20.8 Å². The van der Waals surface area contributed by atoms with Crippen molar-refractivity contribution < 1.29 is 36.6 Å². The van der Waals surface area contributed by atoms with Gasteiger partial charge in [-0.15, -0.1) is 0 Å². The summed E-state index contributed by atoms with van der Waals surface area (Å²) in [6.07, 6.45) is 9.92. The molecule has 0 fully saturated rings. The Kier molecular flexibility index (Phi) is 26.8. The molecule has 0 aromatic rings. The minimum absolute atomic E-state index is 0.316. The molecule has 1 N–H and O–H groups in total. The molecule has 5 atom stereocenters. The Hall–Kier alpha value is 1.09. The maximum atomic E-state index is 12.2. The zero-order valence-corrected chi connectivity index (χ0v) is 28.5. The minimum Gasteiger partial charge on any atom is -0.302 e. The zero-order valence-electron chi connectivity index (χ0n) is 24.4. The second-order valence-electron chi connectivity index (χ2n) is 9.11. The van der Waals surface area contributed by atoms with Crippen molar-refractivity contribution in [1.29, 1.82) is 0 Å². The van der Waals surface area contributed by atoms with Crippen LogP contribution in [-0.2, 0) is 31.7 Å². The molecule has 8 nitrogen and oxygen atoms in total. The van der Waals surface area contributed by atoms with Crippen LogP contribution in [0, 0.1) is 11.8 Å². The summed E-state index contributed by atoms with van der Waals surface area (Å²) in [5.41, 5.74) is -2.33. The summed E-state index contributed by atoms with van der Waals surface area (Å²) in [6, 6.07) is 0. The molecular formula is C25H53Cl3O8P2. The van der Waals surface area contributed by atoms with Crippen LogP contribution < -0.4 is 0 Å². The number of hydrogen-bond acceptors (Lipinski definition) is 7. The fraction of sp³-hybridized carbons (Fsp3) is 1.00. The number of alkyl halides is 3. The van der Waals surface area contributed by atoms with E-state index in [9.17, 15) is 14.0 Å². The van der Waals surface area contributed by atoms with Crippen molar-refractivity contribution in [2.45, 2.75) is 136 Å². The van der Waals surface area contributed by atoms with Crippen molar-refractivity contribution in [3.05, 3.63) is 0 Å². The Bertz CT molecular complexity index is 586. The lowest BCUT2D eigenvalue weighted by Gasteiger charge is -2.23. The fourth-order valence-corrected chi connectivity index (χ4v) is 6.14. The van der Waals surface area contributed by atoms with Crippen LogP contribution in [0.15, 0.2) is 0 Å². The van der Waals surface area contributed by atoms with Gasteiger partial charge >= 0.3 is 15.6 Å². The molecule has 0 saturated carbocycles. The summed E-state index contributed by atoms with van der Waals surface area (Å²) in [5, 5.41) is 0. The first-order valence-electron chi connectivity index (χ1n) is 14.0. The number of phosphoric acid groups is 2. The van der Waals surface area contributed by atoms with Gasteiger partial charge < -0.3 is 4.89 Å². The van der Waals surface area contributed by atoms with Gasteiger partial charge in [-0.25, -0.2) is 9.13 Å². The molecule has 0 amide bonds. The first kappa shape index (κ1) is 41.2. The molecule has 232 valence electrons. The Morgan fingerprint density at radius 3 is 1.16 bits per heavy atom. The summed E-state index contributed by atoms with van der Waals surface area (Å²) in [4.78, 5) is 9.77. The molecule has 0 rings (SSSR count). The highest BCUT2D eigenvalue weighted by molar-refractivity contribution is 7.48. The van der Waals surface area contributed by atoms with E-state index in [0.29, 0.717) is 44.3 Å². The Labute approximate surface area is 247 Å². The van der Waals surface area contributed by atoms with Crippen LogP contribution in [0.1, 0.15) is 119 Å². The van der Waals surface area contributed by atoms with Crippen molar-refractivity contribution in [1.82, 2.24) is 0 Å². The largest absolute Gasteiger partial charge is 0.479 e. The molecule has 13 heteroatoms. The van der Waals surface area contributed by atoms with E-state index in [4.69, 9.17) is 57.4 Å². The van der Waals surface area contributed by atoms with E-state index in [2.05, 4.69) is 27.7 Å². The average Bonchev–Trinajstić information content (AvgIpc) is 2.88. The van der Waals surface area contributed by atoms with Gasteiger partial charge in [0, 0.05) is 0 Å². The number of unbranched alkanes of at least 4 members (excludes halogenated alkanes) is 2. The maximum absolute atomic E-state index is 12.2. The highest BCUT2D eigenvalue weighted by atomic mass is 35.5. The highest BCUT2D eigenvalue weighted by Crippen LogP contribution is 2.55. The summed E-state index contributed by atoms with van der Waals surface area (Å²) in [7, 11) is -7.72. The topological polar surface area (TPSA) is 101 Å². The minimum atomic E-state index is -3.89. The van der Waals surface area contributed by atoms with Gasteiger partial charge in [0.2, 0.25) is 0 Å². The number of phosphoric ester groups is 2. The molecule has 0 aliphatic carbocycles. The maximum Gasteiger partial charge on any atom is 0.479 e. The molecule has 0 saturated heterocycles. The van der Waals surface area contributed by atoms with Crippen molar-refractivity contribution >= 4 is 50.4 Å². The fourth-order valence-electron chi connectivity index (χ4n) is 2.95. The molecule has 38 heavy (non-hydrogen) atoms. The van der Waals surface area contributed by atoms with Crippen LogP contribution in [0.3, 0.4) is 0 Å². The van der Waals surface area contributed by atoms with Crippen LogP contribution in [0.2, 0.25) is 0 Å². The smallest absolute Gasteiger partial charge is 0.302 e. The van der Waals surface area contributed by atoms with E-state index in [0.717, 1.165) is 51.4 Å². The van der Waals surface area contributed by atoms with Crippen molar-refractivity contribution in [3.8, 4) is 0 Å². The van der Waals surface area contributed by atoms with Crippen LogP contribution >= 0.6 is 50.4 Å². The molecule has 0 bridgehead atoms. The predicted molar refractivity (Wildman–Crippen MR) is 159 cm³/mol. The van der Waals surface area contributed by atoms with Crippen LogP contribution in [0.25, 0.3) is 0 Å². The quantitative estimate of drug-likeness (QED) is 0.0862. The lowest BCUT2D eigenvalue weighted by atomic mass is 10.0. The van der Waals surface area contributed by atoms with E-state index in [1.165, 1.54) is 0 Å². The third-order valence-electron chi connectivity index (χ3n) is 5.73. The molecule has 0 heterocycles. The first-order valence-corrected chi connectivity index (χ1v) is 18.3. The van der Waals surface area contributed by atoms with E-state index < -0.39 is 32.3 Å². The molecule has 0 aliphatic rings. The Morgan fingerprint density at radius 1 is 0.605 bits per heavy atom. The normalized spacial score (nSPS) is 18.8.